The Morgan fingerprint density at radius 3 is 2.68 bits per heavy atom. The maximum atomic E-state index is 11.6. The van der Waals surface area contributed by atoms with Crippen LogP contribution in [0.3, 0.4) is 0 Å². The molecule has 2 N–H and O–H groups in total. The number of carbonyl (C=O) groups excluding carboxylic acids is 2. The van der Waals surface area contributed by atoms with Gasteiger partial charge in [-0.2, -0.15) is 5.10 Å². The van der Waals surface area contributed by atoms with Gasteiger partial charge >= 0.3 is 0 Å². The summed E-state index contributed by atoms with van der Waals surface area (Å²) in [6.07, 6.45) is 5.07. The second-order valence-electron chi connectivity index (χ2n) is 4.24. The van der Waals surface area contributed by atoms with E-state index in [-0.39, 0.29) is 18.4 Å². The topological polar surface area (TPSA) is 70.6 Å². The second kappa shape index (κ2) is 8.53. The molecule has 0 bridgehead atoms. The lowest BCUT2D eigenvalue weighted by molar-refractivity contribution is -0.120. The van der Waals surface area contributed by atoms with Crippen LogP contribution in [0.4, 0.5) is 0 Å². The Hall–Kier alpha value is -2.73. The van der Waals surface area contributed by atoms with E-state index < -0.39 is 0 Å². The molecule has 0 saturated heterocycles. The van der Waals surface area contributed by atoms with E-state index >= 15 is 0 Å². The normalized spacial score (nSPS) is 10.9. The first kappa shape index (κ1) is 15.7. The molecule has 0 aliphatic carbocycles. The van der Waals surface area contributed by atoms with Crippen LogP contribution in [0, 0.1) is 0 Å². The van der Waals surface area contributed by atoms with Gasteiger partial charge in [0, 0.05) is 6.21 Å². The molecule has 0 fully saturated rings. The van der Waals surface area contributed by atoms with Crippen LogP contribution in [0.5, 0.6) is 0 Å². The molecule has 1 aromatic carbocycles. The fourth-order valence-electron chi connectivity index (χ4n) is 1.57. The van der Waals surface area contributed by atoms with Crippen molar-refractivity contribution >= 4 is 35.4 Å². The van der Waals surface area contributed by atoms with Crippen LogP contribution in [0.15, 0.2) is 59.0 Å². The van der Waals surface area contributed by atoms with Crippen molar-refractivity contribution in [1.29, 1.82) is 0 Å². The van der Waals surface area contributed by atoms with E-state index in [1.807, 2.05) is 36.4 Å². The highest BCUT2D eigenvalue weighted by Crippen LogP contribution is 2.07. The number of thiophene rings is 1. The Morgan fingerprint density at radius 1 is 1.14 bits per heavy atom. The van der Waals surface area contributed by atoms with Crippen LogP contribution < -0.4 is 10.7 Å². The van der Waals surface area contributed by atoms with Crippen molar-refractivity contribution in [3.63, 3.8) is 0 Å². The molecule has 6 heteroatoms. The van der Waals surface area contributed by atoms with Crippen LogP contribution in [0.25, 0.3) is 6.08 Å². The molecule has 0 saturated carbocycles. The lowest BCUT2D eigenvalue weighted by Crippen LogP contribution is -2.34. The number of hydrazone groups is 1. The molecule has 22 heavy (non-hydrogen) atoms. The minimum absolute atomic E-state index is 0.115. The molecule has 2 amide bonds. The standard InChI is InChI=1S/C16H15N3O2S/c20-15(12-17-16(21)14-9-5-11-22-14)19-18-10-4-8-13-6-2-1-3-7-13/h1-11H,12H2,(H,17,21)(H,19,20)/b8-4+,18-10+. The zero-order valence-electron chi connectivity index (χ0n) is 11.7. The molecular formula is C16H15N3O2S. The zero-order valence-corrected chi connectivity index (χ0v) is 12.5. The van der Waals surface area contributed by atoms with Crippen molar-refractivity contribution in [3.8, 4) is 0 Å². The van der Waals surface area contributed by atoms with Gasteiger partial charge in [0.25, 0.3) is 11.8 Å². The molecule has 0 radical (unpaired) electrons. The average molecular weight is 313 g/mol. The minimum atomic E-state index is -0.380. The largest absolute Gasteiger partial charge is 0.342 e. The summed E-state index contributed by atoms with van der Waals surface area (Å²) in [7, 11) is 0. The number of nitrogens with one attached hydrogen (secondary N) is 2. The van der Waals surface area contributed by atoms with Crippen molar-refractivity contribution in [1.82, 2.24) is 10.7 Å². The number of amides is 2. The van der Waals surface area contributed by atoms with Crippen molar-refractivity contribution in [2.24, 2.45) is 5.10 Å². The van der Waals surface area contributed by atoms with Gasteiger partial charge in [0.05, 0.1) is 11.4 Å². The van der Waals surface area contributed by atoms with Gasteiger partial charge in [-0.05, 0) is 23.1 Å². The fourth-order valence-corrected chi connectivity index (χ4v) is 2.21. The summed E-state index contributed by atoms with van der Waals surface area (Å²) in [5, 5.41) is 8.09. The number of hydrogen-bond acceptors (Lipinski definition) is 4. The molecule has 0 atom stereocenters. The highest BCUT2D eigenvalue weighted by molar-refractivity contribution is 7.12. The zero-order chi connectivity index (χ0) is 15.6. The Morgan fingerprint density at radius 2 is 1.95 bits per heavy atom. The summed E-state index contributed by atoms with van der Waals surface area (Å²) in [5.74, 6) is -0.646. The molecule has 2 aromatic rings. The molecule has 1 heterocycles. The Balaban J connectivity index is 1.68. The van der Waals surface area contributed by atoms with Crippen LogP contribution in [-0.4, -0.2) is 24.6 Å². The summed E-state index contributed by atoms with van der Waals surface area (Å²) in [6.45, 7) is -0.115. The minimum Gasteiger partial charge on any atom is -0.342 e. The van der Waals surface area contributed by atoms with E-state index in [0.29, 0.717) is 4.88 Å². The summed E-state index contributed by atoms with van der Waals surface area (Å²) in [5.41, 5.74) is 3.38. The van der Waals surface area contributed by atoms with Gasteiger partial charge in [-0.25, -0.2) is 5.43 Å². The van der Waals surface area contributed by atoms with Gasteiger partial charge in [-0.15, -0.1) is 11.3 Å². The molecular weight excluding hydrogens is 298 g/mol. The Labute approximate surface area is 132 Å². The first-order valence-corrected chi connectivity index (χ1v) is 7.49. The first-order chi connectivity index (χ1) is 10.8. The molecule has 112 valence electrons. The summed E-state index contributed by atoms with van der Waals surface area (Å²) in [6, 6.07) is 13.2. The number of benzene rings is 1. The van der Waals surface area contributed by atoms with Gasteiger partial charge < -0.3 is 5.32 Å². The monoisotopic (exact) mass is 313 g/mol. The first-order valence-electron chi connectivity index (χ1n) is 6.61. The Bertz CT molecular complexity index is 664. The number of hydrogen-bond donors (Lipinski definition) is 2. The van der Waals surface area contributed by atoms with Crippen molar-refractivity contribution < 1.29 is 9.59 Å². The number of allylic oxidation sites excluding steroid dienone is 1. The van der Waals surface area contributed by atoms with Gasteiger partial charge in [0.15, 0.2) is 0 Å². The SMILES string of the molecule is O=C(CNC(=O)c1cccs1)N/N=C/C=C/c1ccccc1. The van der Waals surface area contributed by atoms with E-state index in [4.69, 9.17) is 0 Å². The molecule has 0 spiro atoms. The summed E-state index contributed by atoms with van der Waals surface area (Å²) in [4.78, 5) is 23.7. The maximum Gasteiger partial charge on any atom is 0.261 e. The third-order valence-corrected chi connectivity index (χ3v) is 3.46. The van der Waals surface area contributed by atoms with Crippen LogP contribution in [-0.2, 0) is 4.79 Å². The third-order valence-electron chi connectivity index (χ3n) is 2.59. The molecule has 0 aliphatic rings. The number of carbonyl (C=O) groups is 2. The van der Waals surface area contributed by atoms with Crippen LogP contribution in [0.1, 0.15) is 15.2 Å². The Kier molecular flexibility index (Phi) is 6.07. The molecule has 0 aliphatic heterocycles. The quantitative estimate of drug-likeness (QED) is 0.634. The molecule has 1 aromatic heterocycles. The van der Waals surface area contributed by atoms with Gasteiger partial charge in [0.1, 0.15) is 0 Å². The van der Waals surface area contributed by atoms with Crippen LogP contribution >= 0.6 is 11.3 Å². The smallest absolute Gasteiger partial charge is 0.261 e. The number of rotatable bonds is 6. The third kappa shape index (κ3) is 5.34. The second-order valence-corrected chi connectivity index (χ2v) is 5.19. The lowest BCUT2D eigenvalue weighted by atomic mass is 10.2. The molecule has 2 rings (SSSR count). The number of nitrogens with zero attached hydrogens (tertiary/aromatic N) is 1. The predicted molar refractivity (Wildman–Crippen MR) is 88.8 cm³/mol. The van der Waals surface area contributed by atoms with E-state index in [1.165, 1.54) is 17.6 Å². The lowest BCUT2D eigenvalue weighted by Gasteiger charge is -2.01. The molecule has 5 nitrogen and oxygen atoms in total. The van der Waals surface area contributed by atoms with Crippen LogP contribution in [0.2, 0.25) is 0 Å². The van der Waals surface area contributed by atoms with Gasteiger partial charge in [-0.1, -0.05) is 42.5 Å². The van der Waals surface area contributed by atoms with Crippen molar-refractivity contribution in [2.45, 2.75) is 0 Å². The summed E-state index contributed by atoms with van der Waals surface area (Å²) >= 11 is 1.32. The highest BCUT2D eigenvalue weighted by atomic mass is 32.1. The van der Waals surface area contributed by atoms with Gasteiger partial charge in [0.2, 0.25) is 0 Å². The van der Waals surface area contributed by atoms with Crippen molar-refractivity contribution in [2.75, 3.05) is 6.54 Å². The van der Waals surface area contributed by atoms with E-state index in [0.717, 1.165) is 5.56 Å². The van der Waals surface area contributed by atoms with E-state index in [1.54, 1.807) is 23.6 Å². The van der Waals surface area contributed by atoms with E-state index in [2.05, 4.69) is 15.8 Å². The van der Waals surface area contributed by atoms with Crippen molar-refractivity contribution in [3.05, 3.63) is 64.4 Å². The van der Waals surface area contributed by atoms with Gasteiger partial charge in [-0.3, -0.25) is 9.59 Å². The fraction of sp³-hybridized carbons (Fsp3) is 0.0625. The molecule has 0 unspecified atom stereocenters. The predicted octanol–water partition coefficient (Wildman–Crippen LogP) is 2.29. The maximum absolute atomic E-state index is 11.6. The summed E-state index contributed by atoms with van der Waals surface area (Å²) < 4.78 is 0. The highest BCUT2D eigenvalue weighted by Gasteiger charge is 2.07. The average Bonchev–Trinajstić information content (AvgIpc) is 3.08. The van der Waals surface area contributed by atoms with E-state index in [9.17, 15) is 9.59 Å².